The maximum Gasteiger partial charge on any atom is 0.221 e. The minimum Gasteiger partial charge on any atom is -0.353 e. The lowest BCUT2D eigenvalue weighted by molar-refractivity contribution is -0.121. The van der Waals surface area contributed by atoms with E-state index in [0.29, 0.717) is 13.0 Å². The number of carbonyl (C=O) groups excluding carboxylic acids is 1. The largest absolute Gasteiger partial charge is 0.353 e. The summed E-state index contributed by atoms with van der Waals surface area (Å²) in [6, 6.07) is 8.19. The highest BCUT2D eigenvalue weighted by Gasteiger charge is 2.19. The lowest BCUT2D eigenvalue weighted by Crippen LogP contribution is -2.24. The van der Waals surface area contributed by atoms with Crippen LogP contribution in [0.3, 0.4) is 0 Å². The molecule has 16 heavy (non-hydrogen) atoms. The van der Waals surface area contributed by atoms with Gasteiger partial charge in [-0.2, -0.15) is 0 Å². The van der Waals surface area contributed by atoms with Gasteiger partial charge in [0.25, 0.3) is 0 Å². The summed E-state index contributed by atoms with van der Waals surface area (Å²) in [5.74, 6) is 0.298. The van der Waals surface area contributed by atoms with Crippen molar-refractivity contribution in [1.29, 1.82) is 0 Å². The fourth-order valence-electron chi connectivity index (χ4n) is 1.96. The molecule has 1 aliphatic carbocycles. The number of allylic oxidation sites excluding steroid dienone is 1. The first-order valence-corrected chi connectivity index (χ1v) is 5.46. The number of amides is 1. The van der Waals surface area contributed by atoms with Gasteiger partial charge in [0.2, 0.25) is 5.91 Å². The Bertz CT molecular complexity index is 434. The lowest BCUT2D eigenvalue weighted by atomic mass is 9.97. The van der Waals surface area contributed by atoms with E-state index >= 15 is 0 Å². The molecule has 0 aliphatic heterocycles. The molecule has 1 amide bonds. The number of carbonyl (C=O) groups is 1. The highest BCUT2D eigenvalue weighted by Crippen LogP contribution is 2.31. The molecule has 0 spiro atoms. The van der Waals surface area contributed by atoms with Crippen molar-refractivity contribution in [1.82, 2.24) is 5.32 Å². The average Bonchev–Trinajstić information content (AvgIpc) is 2.70. The Morgan fingerprint density at radius 2 is 2.25 bits per heavy atom. The summed E-state index contributed by atoms with van der Waals surface area (Å²) >= 11 is 0. The zero-order valence-electron chi connectivity index (χ0n) is 9.15. The van der Waals surface area contributed by atoms with Crippen LogP contribution in [0.5, 0.6) is 0 Å². The van der Waals surface area contributed by atoms with Crippen molar-refractivity contribution in [2.24, 2.45) is 0 Å². The molecule has 0 fully saturated rings. The van der Waals surface area contributed by atoms with Crippen LogP contribution in [-0.2, 0) is 4.79 Å². The second kappa shape index (κ2) is 4.79. The molecule has 1 aliphatic rings. The van der Waals surface area contributed by atoms with Crippen LogP contribution in [0.4, 0.5) is 0 Å². The van der Waals surface area contributed by atoms with Gasteiger partial charge in [0.05, 0.1) is 0 Å². The second-order valence-electron chi connectivity index (χ2n) is 3.89. The van der Waals surface area contributed by atoms with Crippen molar-refractivity contribution in [2.45, 2.75) is 12.3 Å². The Morgan fingerprint density at radius 3 is 3.06 bits per heavy atom. The molecule has 0 heterocycles. The standard InChI is InChI=1S/C14H15NO/c1-2-9-15-14(16)10-12-8-7-11-5-3-4-6-13(11)12/h2-8,12H,1,9-10H2,(H,15,16). The Balaban J connectivity index is 2.01. The number of rotatable bonds is 4. The number of benzene rings is 1. The fourth-order valence-corrected chi connectivity index (χ4v) is 1.96. The maximum absolute atomic E-state index is 11.6. The predicted octanol–water partition coefficient (Wildman–Crippen LogP) is 2.49. The fraction of sp³-hybridized carbons (Fsp3) is 0.214. The van der Waals surface area contributed by atoms with Crippen LogP contribution in [0.15, 0.2) is 43.0 Å². The second-order valence-corrected chi connectivity index (χ2v) is 3.89. The molecule has 0 bridgehead atoms. The van der Waals surface area contributed by atoms with Gasteiger partial charge in [-0.15, -0.1) is 6.58 Å². The first-order chi connectivity index (χ1) is 7.81. The molecule has 0 radical (unpaired) electrons. The van der Waals surface area contributed by atoms with Gasteiger partial charge >= 0.3 is 0 Å². The van der Waals surface area contributed by atoms with Gasteiger partial charge in [-0.3, -0.25) is 4.79 Å². The molecular weight excluding hydrogens is 198 g/mol. The van der Waals surface area contributed by atoms with Gasteiger partial charge in [0, 0.05) is 18.9 Å². The van der Waals surface area contributed by atoms with Gasteiger partial charge in [-0.05, 0) is 11.1 Å². The minimum atomic E-state index is 0.0752. The van der Waals surface area contributed by atoms with Crippen molar-refractivity contribution in [3.8, 4) is 0 Å². The summed E-state index contributed by atoms with van der Waals surface area (Å²) in [6.07, 6.45) is 6.39. The third kappa shape index (κ3) is 2.22. The first-order valence-electron chi connectivity index (χ1n) is 5.46. The van der Waals surface area contributed by atoms with Crippen molar-refractivity contribution >= 4 is 12.0 Å². The van der Waals surface area contributed by atoms with E-state index in [4.69, 9.17) is 0 Å². The van der Waals surface area contributed by atoms with E-state index < -0.39 is 0 Å². The van der Waals surface area contributed by atoms with Crippen LogP contribution in [0.1, 0.15) is 23.5 Å². The Morgan fingerprint density at radius 1 is 1.44 bits per heavy atom. The van der Waals surface area contributed by atoms with Crippen LogP contribution in [-0.4, -0.2) is 12.5 Å². The van der Waals surface area contributed by atoms with Gasteiger partial charge in [0.15, 0.2) is 0 Å². The van der Waals surface area contributed by atoms with Gasteiger partial charge in [-0.25, -0.2) is 0 Å². The van der Waals surface area contributed by atoms with E-state index in [9.17, 15) is 4.79 Å². The smallest absolute Gasteiger partial charge is 0.221 e. The number of fused-ring (bicyclic) bond motifs is 1. The number of hydrogen-bond acceptors (Lipinski definition) is 1. The molecule has 1 aromatic carbocycles. The maximum atomic E-state index is 11.6. The predicted molar refractivity (Wildman–Crippen MR) is 66.0 cm³/mol. The Labute approximate surface area is 95.7 Å². The normalized spacial score (nSPS) is 16.9. The van der Waals surface area contributed by atoms with Crippen molar-refractivity contribution in [2.75, 3.05) is 6.54 Å². The highest BCUT2D eigenvalue weighted by atomic mass is 16.1. The molecule has 1 aromatic rings. The third-order valence-corrected chi connectivity index (χ3v) is 2.75. The summed E-state index contributed by atoms with van der Waals surface area (Å²) in [4.78, 5) is 11.6. The highest BCUT2D eigenvalue weighted by molar-refractivity contribution is 5.79. The zero-order valence-corrected chi connectivity index (χ0v) is 9.15. The zero-order chi connectivity index (χ0) is 11.4. The molecule has 2 rings (SSSR count). The van der Waals surface area contributed by atoms with Crippen molar-refractivity contribution in [3.05, 3.63) is 54.1 Å². The summed E-state index contributed by atoms with van der Waals surface area (Å²) in [5.41, 5.74) is 2.47. The van der Waals surface area contributed by atoms with E-state index in [-0.39, 0.29) is 11.8 Å². The van der Waals surface area contributed by atoms with Crippen molar-refractivity contribution in [3.63, 3.8) is 0 Å². The molecule has 2 nitrogen and oxygen atoms in total. The quantitative estimate of drug-likeness (QED) is 0.765. The Hall–Kier alpha value is -1.83. The summed E-state index contributed by atoms with van der Waals surface area (Å²) in [7, 11) is 0. The molecule has 1 atom stereocenters. The van der Waals surface area contributed by atoms with Gasteiger partial charge in [-0.1, -0.05) is 42.5 Å². The SMILES string of the molecule is C=CCNC(=O)CC1C=Cc2ccccc21. The molecule has 0 aromatic heterocycles. The van der Waals surface area contributed by atoms with E-state index in [1.165, 1.54) is 11.1 Å². The summed E-state index contributed by atoms with van der Waals surface area (Å²) < 4.78 is 0. The van der Waals surface area contributed by atoms with Crippen LogP contribution in [0.25, 0.3) is 6.08 Å². The average molecular weight is 213 g/mol. The first kappa shape index (κ1) is 10.7. The monoisotopic (exact) mass is 213 g/mol. The van der Waals surface area contributed by atoms with E-state index in [2.05, 4.69) is 36.2 Å². The molecular formula is C14H15NO. The van der Waals surface area contributed by atoms with E-state index in [1.807, 2.05) is 12.1 Å². The molecule has 0 saturated carbocycles. The van der Waals surface area contributed by atoms with Crippen LogP contribution in [0.2, 0.25) is 0 Å². The van der Waals surface area contributed by atoms with E-state index in [1.54, 1.807) is 6.08 Å². The summed E-state index contributed by atoms with van der Waals surface area (Å²) in [6.45, 7) is 4.11. The topological polar surface area (TPSA) is 29.1 Å². The van der Waals surface area contributed by atoms with Gasteiger partial charge < -0.3 is 5.32 Å². The van der Waals surface area contributed by atoms with Crippen molar-refractivity contribution < 1.29 is 4.79 Å². The molecule has 82 valence electrons. The molecule has 1 N–H and O–H groups in total. The summed E-state index contributed by atoms with van der Waals surface area (Å²) in [5, 5.41) is 2.80. The van der Waals surface area contributed by atoms with Crippen LogP contribution in [0, 0.1) is 0 Å². The lowest BCUT2D eigenvalue weighted by Gasteiger charge is -2.10. The molecule has 1 unspecified atom stereocenters. The number of hydrogen-bond donors (Lipinski definition) is 1. The number of nitrogens with one attached hydrogen (secondary N) is 1. The Kier molecular flexibility index (Phi) is 3.20. The van der Waals surface area contributed by atoms with Crippen LogP contribution < -0.4 is 5.32 Å². The van der Waals surface area contributed by atoms with E-state index in [0.717, 1.165) is 0 Å². The third-order valence-electron chi connectivity index (χ3n) is 2.75. The molecule has 0 saturated heterocycles. The molecule has 2 heteroatoms. The van der Waals surface area contributed by atoms with Crippen LogP contribution >= 0.6 is 0 Å². The van der Waals surface area contributed by atoms with Gasteiger partial charge in [0.1, 0.15) is 0 Å². The minimum absolute atomic E-state index is 0.0752.